The second-order valence-electron chi connectivity index (χ2n) is 6.98. The van der Waals surface area contributed by atoms with Gasteiger partial charge < -0.3 is 4.90 Å². The van der Waals surface area contributed by atoms with Crippen LogP contribution < -0.4 is 0 Å². The van der Waals surface area contributed by atoms with Crippen LogP contribution in [0.15, 0.2) is 79.1 Å². The number of H-pyrrole nitrogens is 1. The number of carbonyl (C=O) groups excluding carboxylic acids is 1. The predicted octanol–water partition coefficient (Wildman–Crippen LogP) is 4.87. The summed E-state index contributed by atoms with van der Waals surface area (Å²) in [5.41, 5.74) is 5.14. The van der Waals surface area contributed by atoms with Crippen molar-refractivity contribution < 1.29 is 4.79 Å². The molecule has 2 aromatic heterocycles. The van der Waals surface area contributed by atoms with Gasteiger partial charge in [-0.05, 0) is 29.3 Å². The molecule has 0 spiro atoms. The summed E-state index contributed by atoms with van der Waals surface area (Å²) in [7, 11) is 0. The van der Waals surface area contributed by atoms with Gasteiger partial charge >= 0.3 is 0 Å². The summed E-state index contributed by atoms with van der Waals surface area (Å²) in [4.78, 5) is 19.4. The molecule has 1 aliphatic heterocycles. The molecule has 1 atom stereocenters. The molecule has 1 amide bonds. The number of pyridine rings is 1. The Morgan fingerprint density at radius 3 is 2.52 bits per heavy atom. The van der Waals surface area contributed by atoms with Crippen LogP contribution in [0.5, 0.6) is 0 Å². The SMILES string of the molecule is O=C1c2[nH]nc(-c3ccc(Cl)cc3)c2C(c2ccccc2)N1Cc1cccnc1. The van der Waals surface area contributed by atoms with Crippen molar-refractivity contribution in [1.82, 2.24) is 20.1 Å². The molecule has 2 aromatic carbocycles. The van der Waals surface area contributed by atoms with Crippen LogP contribution in [0, 0.1) is 0 Å². The first-order valence-corrected chi connectivity index (χ1v) is 9.69. The number of fused-ring (bicyclic) bond motifs is 1. The fourth-order valence-electron chi connectivity index (χ4n) is 3.86. The lowest BCUT2D eigenvalue weighted by Gasteiger charge is -2.26. The maximum atomic E-state index is 13.3. The summed E-state index contributed by atoms with van der Waals surface area (Å²) in [5, 5.41) is 8.11. The minimum atomic E-state index is -0.233. The summed E-state index contributed by atoms with van der Waals surface area (Å²) in [6, 6.07) is 21.2. The first kappa shape index (κ1) is 17.6. The van der Waals surface area contributed by atoms with Crippen LogP contribution in [0.3, 0.4) is 0 Å². The van der Waals surface area contributed by atoms with Crippen LogP contribution in [0.2, 0.25) is 5.02 Å². The molecule has 29 heavy (non-hydrogen) atoms. The van der Waals surface area contributed by atoms with E-state index >= 15 is 0 Å². The Morgan fingerprint density at radius 1 is 1.00 bits per heavy atom. The highest BCUT2D eigenvalue weighted by molar-refractivity contribution is 6.30. The van der Waals surface area contributed by atoms with E-state index in [0.717, 1.165) is 27.9 Å². The Kier molecular flexibility index (Phi) is 4.37. The van der Waals surface area contributed by atoms with E-state index in [1.165, 1.54) is 0 Å². The zero-order valence-corrected chi connectivity index (χ0v) is 16.2. The molecule has 0 saturated carbocycles. The Morgan fingerprint density at radius 2 is 1.79 bits per heavy atom. The number of halogens is 1. The molecular formula is C23H17ClN4O. The highest BCUT2D eigenvalue weighted by Gasteiger charge is 2.42. The zero-order chi connectivity index (χ0) is 19.8. The van der Waals surface area contributed by atoms with E-state index in [1.807, 2.05) is 71.6 Å². The van der Waals surface area contributed by atoms with Gasteiger partial charge in [0.1, 0.15) is 5.69 Å². The summed E-state index contributed by atoms with van der Waals surface area (Å²) < 4.78 is 0. The van der Waals surface area contributed by atoms with Gasteiger partial charge in [-0.3, -0.25) is 14.9 Å². The first-order valence-electron chi connectivity index (χ1n) is 9.31. The molecule has 0 saturated heterocycles. The lowest BCUT2D eigenvalue weighted by Crippen LogP contribution is -2.29. The number of nitrogens with one attached hydrogen (secondary N) is 1. The molecule has 1 N–H and O–H groups in total. The van der Waals surface area contributed by atoms with Crippen molar-refractivity contribution in [2.24, 2.45) is 0 Å². The Balaban J connectivity index is 1.64. The molecule has 142 valence electrons. The highest BCUT2D eigenvalue weighted by atomic mass is 35.5. The van der Waals surface area contributed by atoms with E-state index in [1.54, 1.807) is 12.4 Å². The van der Waals surface area contributed by atoms with Gasteiger partial charge in [0.2, 0.25) is 0 Å². The summed E-state index contributed by atoms with van der Waals surface area (Å²) in [5.74, 6) is -0.0644. The van der Waals surface area contributed by atoms with E-state index in [0.29, 0.717) is 17.3 Å². The Hall–Kier alpha value is -3.44. The molecule has 5 rings (SSSR count). The average molecular weight is 401 g/mol. The lowest BCUT2D eigenvalue weighted by molar-refractivity contribution is 0.0730. The summed E-state index contributed by atoms with van der Waals surface area (Å²) in [6.07, 6.45) is 3.52. The lowest BCUT2D eigenvalue weighted by atomic mass is 9.96. The minimum Gasteiger partial charge on any atom is -0.322 e. The van der Waals surface area contributed by atoms with Crippen LogP contribution in [-0.2, 0) is 6.54 Å². The highest BCUT2D eigenvalue weighted by Crippen LogP contribution is 2.43. The maximum absolute atomic E-state index is 13.3. The maximum Gasteiger partial charge on any atom is 0.273 e. The van der Waals surface area contributed by atoms with E-state index in [9.17, 15) is 4.79 Å². The van der Waals surface area contributed by atoms with Gasteiger partial charge in [0, 0.05) is 35.1 Å². The van der Waals surface area contributed by atoms with Crippen LogP contribution in [0.25, 0.3) is 11.3 Å². The summed E-state index contributed by atoms with van der Waals surface area (Å²) >= 11 is 6.06. The molecule has 1 aliphatic rings. The number of rotatable bonds is 4. The fraction of sp³-hybridized carbons (Fsp3) is 0.0870. The Bertz CT molecular complexity index is 1160. The number of hydrogen-bond acceptors (Lipinski definition) is 3. The van der Waals surface area contributed by atoms with Crippen molar-refractivity contribution in [1.29, 1.82) is 0 Å². The third-order valence-corrected chi connectivity index (χ3v) is 5.42. The van der Waals surface area contributed by atoms with Gasteiger partial charge in [-0.1, -0.05) is 60.1 Å². The molecular weight excluding hydrogens is 384 g/mol. The third-order valence-electron chi connectivity index (χ3n) is 5.17. The van der Waals surface area contributed by atoms with Gasteiger partial charge in [-0.25, -0.2) is 0 Å². The second-order valence-corrected chi connectivity index (χ2v) is 7.41. The van der Waals surface area contributed by atoms with E-state index in [-0.39, 0.29) is 11.9 Å². The van der Waals surface area contributed by atoms with Gasteiger partial charge in [-0.15, -0.1) is 0 Å². The van der Waals surface area contributed by atoms with Gasteiger partial charge in [0.15, 0.2) is 0 Å². The standard InChI is InChI=1S/C23H17ClN4O/c24-18-10-8-16(9-11-18)20-19-21(27-26-20)23(29)28(14-15-5-4-12-25-13-15)22(19)17-6-2-1-3-7-17/h1-13,22H,14H2,(H,26,27). The molecule has 1 unspecified atom stereocenters. The van der Waals surface area contributed by atoms with E-state index in [2.05, 4.69) is 15.2 Å². The number of carbonyl (C=O) groups is 1. The zero-order valence-electron chi connectivity index (χ0n) is 15.4. The van der Waals surface area contributed by atoms with Crippen LogP contribution in [0.1, 0.15) is 33.2 Å². The van der Waals surface area contributed by atoms with Gasteiger partial charge in [0.25, 0.3) is 5.91 Å². The number of nitrogens with zero attached hydrogens (tertiary/aromatic N) is 3. The number of aromatic amines is 1. The van der Waals surface area contributed by atoms with Crippen molar-refractivity contribution in [3.05, 3.63) is 107 Å². The molecule has 0 bridgehead atoms. The Labute approximate surface area is 173 Å². The molecule has 3 heterocycles. The third kappa shape index (κ3) is 3.09. The fourth-order valence-corrected chi connectivity index (χ4v) is 3.98. The van der Waals surface area contributed by atoms with Gasteiger partial charge in [0.05, 0.1) is 11.7 Å². The van der Waals surface area contributed by atoms with Crippen molar-refractivity contribution in [3.8, 4) is 11.3 Å². The number of hydrogen-bond donors (Lipinski definition) is 1. The minimum absolute atomic E-state index is 0.0644. The molecule has 6 heteroatoms. The van der Waals surface area contributed by atoms with Crippen molar-refractivity contribution in [2.45, 2.75) is 12.6 Å². The van der Waals surface area contributed by atoms with E-state index in [4.69, 9.17) is 11.6 Å². The van der Waals surface area contributed by atoms with Gasteiger partial charge in [-0.2, -0.15) is 5.10 Å². The van der Waals surface area contributed by atoms with Crippen LogP contribution >= 0.6 is 11.6 Å². The first-order chi connectivity index (χ1) is 14.2. The van der Waals surface area contributed by atoms with Crippen molar-refractivity contribution in [3.63, 3.8) is 0 Å². The van der Waals surface area contributed by atoms with Crippen molar-refractivity contribution in [2.75, 3.05) is 0 Å². The van der Waals surface area contributed by atoms with Crippen LogP contribution in [0.4, 0.5) is 0 Å². The quantitative estimate of drug-likeness (QED) is 0.531. The average Bonchev–Trinajstić information content (AvgIpc) is 3.30. The topological polar surface area (TPSA) is 61.9 Å². The number of aromatic nitrogens is 3. The van der Waals surface area contributed by atoms with Crippen molar-refractivity contribution >= 4 is 17.5 Å². The molecule has 0 radical (unpaired) electrons. The molecule has 0 aliphatic carbocycles. The molecule has 0 fully saturated rings. The monoisotopic (exact) mass is 400 g/mol. The number of amides is 1. The second kappa shape index (κ2) is 7.18. The largest absolute Gasteiger partial charge is 0.322 e. The van der Waals surface area contributed by atoms with Crippen LogP contribution in [-0.4, -0.2) is 26.0 Å². The summed E-state index contributed by atoms with van der Waals surface area (Å²) in [6.45, 7) is 0.467. The normalized spacial score (nSPS) is 15.6. The molecule has 4 aromatic rings. The molecule has 5 nitrogen and oxygen atoms in total. The predicted molar refractivity (Wildman–Crippen MR) is 111 cm³/mol. The smallest absolute Gasteiger partial charge is 0.273 e. The number of benzene rings is 2. The van der Waals surface area contributed by atoms with E-state index < -0.39 is 0 Å².